The lowest BCUT2D eigenvalue weighted by Gasteiger charge is -2.12. The fourth-order valence-corrected chi connectivity index (χ4v) is 3.14. The molecule has 0 saturated carbocycles. The van der Waals surface area contributed by atoms with Crippen LogP contribution in [-0.4, -0.2) is 32.9 Å². The van der Waals surface area contributed by atoms with Gasteiger partial charge in [0.05, 0.1) is 17.7 Å². The number of rotatable bonds is 6. The topological polar surface area (TPSA) is 91.9 Å². The predicted octanol–water partition coefficient (Wildman–Crippen LogP) is 4.11. The van der Waals surface area contributed by atoms with E-state index in [1.165, 1.54) is 12.1 Å². The third-order valence-electron chi connectivity index (χ3n) is 4.49. The number of carbonyl (C=O) groups is 2. The molecule has 0 saturated heterocycles. The number of aryl methyl sites for hydroxylation is 1. The average Bonchev–Trinajstić information content (AvgIpc) is 2.95. The fourth-order valence-electron chi connectivity index (χ4n) is 3.14. The molecule has 0 atom stereocenters. The predicted molar refractivity (Wildman–Crippen MR) is 107 cm³/mol. The molecule has 142 valence electrons. The van der Waals surface area contributed by atoms with E-state index >= 15 is 0 Å². The normalized spacial score (nSPS) is 11.1. The highest BCUT2D eigenvalue weighted by atomic mass is 16.4. The number of carboxylic acid groups (broad SMARTS) is 2. The number of hydrogen-bond donors (Lipinski definition) is 2. The summed E-state index contributed by atoms with van der Waals surface area (Å²) in [5, 5.41) is 18.6. The number of aromatic nitrogens is 1. The molecule has 0 bridgehead atoms. The molecule has 1 aromatic heterocycles. The third-order valence-corrected chi connectivity index (χ3v) is 4.49. The van der Waals surface area contributed by atoms with Gasteiger partial charge in [0.15, 0.2) is 0 Å². The summed E-state index contributed by atoms with van der Waals surface area (Å²) in [7, 11) is 0. The molecule has 28 heavy (non-hydrogen) atoms. The second-order valence-corrected chi connectivity index (χ2v) is 6.50. The number of nitrogens with zero attached hydrogens (tertiary/aromatic N) is 2. The molecule has 0 aliphatic carbocycles. The van der Waals surface area contributed by atoms with Crippen LogP contribution < -0.4 is 0 Å². The van der Waals surface area contributed by atoms with Crippen molar-refractivity contribution < 1.29 is 19.8 Å². The molecule has 0 radical (unpaired) electrons. The largest absolute Gasteiger partial charge is 0.478 e. The summed E-state index contributed by atoms with van der Waals surface area (Å²) in [6.07, 6.45) is 1.78. The van der Waals surface area contributed by atoms with Crippen LogP contribution in [0.3, 0.4) is 0 Å². The van der Waals surface area contributed by atoms with Crippen molar-refractivity contribution >= 4 is 18.2 Å². The van der Waals surface area contributed by atoms with Crippen LogP contribution in [0.1, 0.15) is 43.2 Å². The van der Waals surface area contributed by atoms with Gasteiger partial charge in [-0.2, -0.15) is 0 Å². The summed E-state index contributed by atoms with van der Waals surface area (Å²) >= 11 is 0. The van der Waals surface area contributed by atoms with E-state index in [0.29, 0.717) is 12.2 Å². The molecule has 0 spiro atoms. The molecule has 0 amide bonds. The van der Waals surface area contributed by atoms with Crippen molar-refractivity contribution in [1.29, 1.82) is 0 Å². The minimum absolute atomic E-state index is 0.0679. The van der Waals surface area contributed by atoms with Crippen LogP contribution in [-0.2, 0) is 6.54 Å². The number of aromatic carboxylic acids is 2. The molecule has 1 heterocycles. The van der Waals surface area contributed by atoms with E-state index in [-0.39, 0.29) is 11.1 Å². The van der Waals surface area contributed by atoms with Crippen LogP contribution in [0, 0.1) is 13.8 Å². The van der Waals surface area contributed by atoms with Crippen molar-refractivity contribution in [3.05, 3.63) is 88.2 Å². The number of benzene rings is 2. The molecule has 2 aromatic carbocycles. The molecule has 2 N–H and O–H groups in total. The van der Waals surface area contributed by atoms with Crippen LogP contribution in [0.25, 0.3) is 5.69 Å². The standard InChI is InChI=1S/C22H20N2O4/c1-14-8-19(13-23-12-16-6-4-3-5-7-16)15(2)24(14)20-10-17(21(25)26)9-18(11-20)22(27)28/h3-11,13H,12H2,1-2H3,(H,25,26)(H,27,28). The van der Waals surface area contributed by atoms with Crippen molar-refractivity contribution in [2.75, 3.05) is 0 Å². The zero-order valence-corrected chi connectivity index (χ0v) is 15.6. The zero-order chi connectivity index (χ0) is 20.3. The molecule has 0 aliphatic rings. The SMILES string of the molecule is Cc1cc(C=NCc2ccccc2)c(C)n1-c1cc(C(=O)O)cc(C(=O)O)c1. The molecule has 0 fully saturated rings. The zero-order valence-electron chi connectivity index (χ0n) is 15.6. The van der Waals surface area contributed by atoms with Crippen molar-refractivity contribution in [3.8, 4) is 5.69 Å². The van der Waals surface area contributed by atoms with E-state index in [1.807, 2.05) is 54.8 Å². The van der Waals surface area contributed by atoms with Crippen molar-refractivity contribution in [3.63, 3.8) is 0 Å². The molecule has 6 nitrogen and oxygen atoms in total. The molecule has 0 unspecified atom stereocenters. The van der Waals surface area contributed by atoms with Crippen LogP contribution >= 0.6 is 0 Å². The minimum Gasteiger partial charge on any atom is -0.478 e. The number of hydrogen-bond acceptors (Lipinski definition) is 3. The summed E-state index contributed by atoms with van der Waals surface area (Å²) in [5.74, 6) is -2.34. The van der Waals surface area contributed by atoms with Gasteiger partial charge in [0.1, 0.15) is 0 Å². The lowest BCUT2D eigenvalue weighted by molar-refractivity contribution is 0.0696. The molecular weight excluding hydrogens is 356 g/mol. The van der Waals surface area contributed by atoms with Crippen molar-refractivity contribution in [2.24, 2.45) is 4.99 Å². The van der Waals surface area contributed by atoms with Gasteiger partial charge in [-0.1, -0.05) is 30.3 Å². The van der Waals surface area contributed by atoms with Crippen molar-refractivity contribution in [1.82, 2.24) is 4.57 Å². The summed E-state index contributed by atoms with van der Waals surface area (Å²) in [5.41, 5.74) is 4.07. The Labute approximate surface area is 162 Å². The fraction of sp³-hybridized carbons (Fsp3) is 0.136. The first-order valence-corrected chi connectivity index (χ1v) is 8.71. The Bertz CT molecular complexity index is 1030. The number of carboxylic acids is 2. The molecular formula is C22H20N2O4. The summed E-state index contributed by atoms with van der Waals surface area (Å²) in [4.78, 5) is 27.3. The van der Waals surface area contributed by atoms with E-state index in [4.69, 9.17) is 0 Å². The quantitative estimate of drug-likeness (QED) is 0.633. The molecule has 6 heteroatoms. The Balaban J connectivity index is 1.98. The Morgan fingerprint density at radius 1 is 0.964 bits per heavy atom. The van der Waals surface area contributed by atoms with Crippen LogP contribution in [0.4, 0.5) is 0 Å². The maximum atomic E-state index is 11.4. The van der Waals surface area contributed by atoms with E-state index in [0.717, 1.165) is 28.6 Å². The van der Waals surface area contributed by atoms with E-state index in [9.17, 15) is 19.8 Å². The first kappa shape index (κ1) is 19.1. The highest BCUT2D eigenvalue weighted by Gasteiger charge is 2.15. The van der Waals surface area contributed by atoms with Crippen LogP contribution in [0.2, 0.25) is 0 Å². The monoisotopic (exact) mass is 376 g/mol. The van der Waals surface area contributed by atoms with Crippen LogP contribution in [0.5, 0.6) is 0 Å². The Morgan fingerprint density at radius 2 is 1.57 bits per heavy atom. The van der Waals surface area contributed by atoms with Gasteiger partial charge in [-0.3, -0.25) is 4.99 Å². The van der Waals surface area contributed by atoms with E-state index < -0.39 is 11.9 Å². The first-order valence-electron chi connectivity index (χ1n) is 8.71. The highest BCUT2D eigenvalue weighted by molar-refractivity contribution is 5.95. The van der Waals surface area contributed by atoms with E-state index in [1.54, 1.807) is 6.21 Å². The second kappa shape index (κ2) is 7.92. The Hall–Kier alpha value is -3.67. The van der Waals surface area contributed by atoms with Gasteiger partial charge in [0.25, 0.3) is 0 Å². The molecule has 3 aromatic rings. The lowest BCUT2D eigenvalue weighted by atomic mass is 10.1. The maximum Gasteiger partial charge on any atom is 0.335 e. The summed E-state index contributed by atoms with van der Waals surface area (Å²) in [6.45, 7) is 4.34. The third kappa shape index (κ3) is 4.01. The van der Waals surface area contributed by atoms with Gasteiger partial charge in [0, 0.05) is 28.9 Å². The smallest absolute Gasteiger partial charge is 0.335 e. The van der Waals surface area contributed by atoms with Crippen molar-refractivity contribution in [2.45, 2.75) is 20.4 Å². The van der Waals surface area contributed by atoms with Gasteiger partial charge < -0.3 is 14.8 Å². The van der Waals surface area contributed by atoms with Gasteiger partial charge in [-0.05, 0) is 43.7 Å². The highest BCUT2D eigenvalue weighted by Crippen LogP contribution is 2.22. The first-order chi connectivity index (χ1) is 13.4. The summed E-state index contributed by atoms with van der Waals surface area (Å²) < 4.78 is 1.84. The Kier molecular flexibility index (Phi) is 5.40. The lowest BCUT2D eigenvalue weighted by Crippen LogP contribution is -2.07. The maximum absolute atomic E-state index is 11.4. The van der Waals surface area contributed by atoms with Crippen LogP contribution in [0.15, 0.2) is 59.6 Å². The van der Waals surface area contributed by atoms with Gasteiger partial charge >= 0.3 is 11.9 Å². The average molecular weight is 376 g/mol. The minimum atomic E-state index is -1.17. The molecule has 3 rings (SSSR count). The van der Waals surface area contributed by atoms with Gasteiger partial charge in [0.2, 0.25) is 0 Å². The van der Waals surface area contributed by atoms with Gasteiger partial charge in [-0.25, -0.2) is 9.59 Å². The van der Waals surface area contributed by atoms with Gasteiger partial charge in [-0.15, -0.1) is 0 Å². The number of aliphatic imine (C=N–C) groups is 1. The molecule has 0 aliphatic heterocycles. The second-order valence-electron chi connectivity index (χ2n) is 6.50. The Morgan fingerprint density at radius 3 is 2.14 bits per heavy atom. The summed E-state index contributed by atoms with van der Waals surface area (Å²) in [6, 6.07) is 15.9. The van der Waals surface area contributed by atoms with E-state index in [2.05, 4.69) is 4.99 Å².